The van der Waals surface area contributed by atoms with Crippen LogP contribution in [0.4, 0.5) is 10.8 Å². The maximum atomic E-state index is 13.1. The second-order valence-corrected chi connectivity index (χ2v) is 10.6. The fraction of sp³-hybridized carbons (Fsp3) is 0.318. The van der Waals surface area contributed by atoms with E-state index in [1.807, 2.05) is 0 Å². The lowest BCUT2D eigenvalue weighted by Gasteiger charge is -2.49. The summed E-state index contributed by atoms with van der Waals surface area (Å²) in [5.41, 5.74) is 6.22. The zero-order chi connectivity index (χ0) is 26.9. The number of thiazole rings is 1. The Balaban J connectivity index is 1.53. The van der Waals surface area contributed by atoms with Crippen molar-refractivity contribution in [1.29, 1.82) is 0 Å². The molecule has 0 radical (unpaired) electrons. The van der Waals surface area contributed by atoms with E-state index in [0.29, 0.717) is 6.42 Å². The van der Waals surface area contributed by atoms with Crippen molar-refractivity contribution in [2.24, 2.45) is 5.16 Å². The number of anilines is 1. The summed E-state index contributed by atoms with van der Waals surface area (Å²) in [5.74, 6) is -2.57. The highest BCUT2D eigenvalue weighted by Crippen LogP contribution is 2.42. The minimum Gasteiger partial charge on any atom is -0.477 e. The first-order valence-electron chi connectivity index (χ1n) is 11.0. The number of aliphatic carboxylic acids is 1. The molecule has 2 aliphatic rings. The summed E-state index contributed by atoms with van der Waals surface area (Å²) in [6, 6.07) is 4.93. The molecule has 0 saturated carbocycles. The van der Waals surface area contributed by atoms with Gasteiger partial charge in [-0.3, -0.25) is 24.6 Å². The van der Waals surface area contributed by atoms with Crippen LogP contribution in [0.1, 0.15) is 25.1 Å². The molecule has 4 N–H and O–H groups in total. The van der Waals surface area contributed by atoms with Crippen molar-refractivity contribution in [1.82, 2.24) is 15.2 Å². The fourth-order valence-electron chi connectivity index (χ4n) is 3.70. The van der Waals surface area contributed by atoms with Gasteiger partial charge in [-0.1, -0.05) is 17.3 Å². The number of carboxylic acids is 1. The minimum absolute atomic E-state index is 0.0545. The van der Waals surface area contributed by atoms with Gasteiger partial charge in [-0.25, -0.2) is 9.78 Å². The topological polar surface area (TPSA) is 190 Å². The SMILES string of the molecule is CC(C)ON=C(C(=O)NC1C(=O)N2C(C(=O)O)=CC(Cc3ccc([N+](=O)[O-])cc3)S[C@H]12)c1csc(N)n1. The van der Waals surface area contributed by atoms with E-state index in [1.165, 1.54) is 35.4 Å². The number of aromatic nitrogens is 1. The molecule has 2 aromatic rings. The molecule has 37 heavy (non-hydrogen) atoms. The van der Waals surface area contributed by atoms with E-state index in [4.69, 9.17) is 10.6 Å². The Bertz CT molecular complexity index is 1310. The molecule has 0 bridgehead atoms. The molecule has 194 valence electrons. The number of nitrogens with zero attached hydrogens (tertiary/aromatic N) is 4. The summed E-state index contributed by atoms with van der Waals surface area (Å²) in [6.45, 7) is 3.45. The summed E-state index contributed by atoms with van der Waals surface area (Å²) in [5, 5.41) is 27.8. The number of β-lactam (4-membered cyclic amide) rings is 1. The number of benzene rings is 1. The minimum atomic E-state index is -1.28. The molecule has 13 nitrogen and oxygen atoms in total. The Morgan fingerprint density at radius 2 is 2.05 bits per heavy atom. The molecule has 3 atom stereocenters. The van der Waals surface area contributed by atoms with Crippen LogP contribution in [0.5, 0.6) is 0 Å². The number of carbonyl (C=O) groups is 3. The molecule has 2 aliphatic heterocycles. The van der Waals surface area contributed by atoms with Crippen molar-refractivity contribution in [3.8, 4) is 0 Å². The molecule has 2 unspecified atom stereocenters. The maximum Gasteiger partial charge on any atom is 0.352 e. The molecule has 4 rings (SSSR count). The predicted molar refractivity (Wildman–Crippen MR) is 136 cm³/mol. The summed E-state index contributed by atoms with van der Waals surface area (Å²) in [6.07, 6.45) is 1.52. The number of carbonyl (C=O) groups excluding carboxylic acids is 2. The average molecular weight is 547 g/mol. The van der Waals surface area contributed by atoms with Crippen molar-refractivity contribution in [2.45, 2.75) is 43.0 Å². The standard InChI is InChI=1S/C22H22N6O7S2/c1-10(2)35-26-16(14-9-36-22(23)24-14)18(29)25-17-19(30)27-15(21(31)32)8-13(37-20(17)27)7-11-3-5-12(6-4-11)28(33)34/h3-6,8-10,13,17,20H,7H2,1-2H3,(H2,23,24)(H,25,29)(H,31,32)/t13?,17?,20-/m1/s1. The van der Waals surface area contributed by atoms with Gasteiger partial charge in [0.1, 0.15) is 28.9 Å². The summed E-state index contributed by atoms with van der Waals surface area (Å²) in [7, 11) is 0. The van der Waals surface area contributed by atoms with Crippen LogP contribution in [0.25, 0.3) is 0 Å². The van der Waals surface area contributed by atoms with Gasteiger partial charge in [-0.05, 0) is 31.9 Å². The van der Waals surface area contributed by atoms with Crippen LogP contribution in [0.3, 0.4) is 0 Å². The van der Waals surface area contributed by atoms with Gasteiger partial charge in [0.2, 0.25) is 0 Å². The number of hydrogen-bond acceptors (Lipinski definition) is 11. The first-order chi connectivity index (χ1) is 17.5. The number of nitrogens with two attached hydrogens (primary N) is 1. The Hall–Kier alpha value is -3.98. The van der Waals surface area contributed by atoms with Crippen LogP contribution in [-0.2, 0) is 25.6 Å². The number of nitro benzene ring substituents is 1. The van der Waals surface area contributed by atoms with Gasteiger partial charge in [0.25, 0.3) is 17.5 Å². The summed E-state index contributed by atoms with van der Waals surface area (Å²) < 4.78 is 0. The van der Waals surface area contributed by atoms with Gasteiger partial charge < -0.3 is 21.0 Å². The monoisotopic (exact) mass is 546 g/mol. The molecule has 1 aromatic heterocycles. The van der Waals surface area contributed by atoms with Gasteiger partial charge in [0, 0.05) is 22.8 Å². The Morgan fingerprint density at radius 3 is 2.62 bits per heavy atom. The second kappa shape index (κ2) is 10.6. The number of nitro groups is 1. The van der Waals surface area contributed by atoms with E-state index < -0.39 is 34.1 Å². The summed E-state index contributed by atoms with van der Waals surface area (Å²) >= 11 is 2.41. The lowest BCUT2D eigenvalue weighted by molar-refractivity contribution is -0.384. The number of nitrogen functional groups attached to an aromatic ring is 1. The highest BCUT2D eigenvalue weighted by atomic mass is 32.2. The number of nitrogens with one attached hydrogen (secondary N) is 1. The average Bonchev–Trinajstić information content (AvgIpc) is 3.27. The number of carboxylic acid groups (broad SMARTS) is 1. The quantitative estimate of drug-likeness (QED) is 0.181. The highest BCUT2D eigenvalue weighted by molar-refractivity contribution is 8.00. The summed E-state index contributed by atoms with van der Waals surface area (Å²) in [4.78, 5) is 58.7. The maximum absolute atomic E-state index is 13.1. The molecular formula is C22H22N6O7S2. The van der Waals surface area contributed by atoms with Gasteiger partial charge in [-0.2, -0.15) is 0 Å². The third-order valence-electron chi connectivity index (χ3n) is 5.38. The van der Waals surface area contributed by atoms with Crippen LogP contribution in [0.2, 0.25) is 0 Å². The van der Waals surface area contributed by atoms with E-state index in [9.17, 15) is 29.6 Å². The zero-order valence-electron chi connectivity index (χ0n) is 19.6. The Morgan fingerprint density at radius 1 is 1.35 bits per heavy atom. The van der Waals surface area contributed by atoms with Gasteiger partial charge >= 0.3 is 5.97 Å². The lowest BCUT2D eigenvalue weighted by Crippen LogP contribution is -2.71. The molecule has 0 spiro atoms. The number of thioether (sulfide) groups is 1. The van der Waals surface area contributed by atoms with Crippen LogP contribution in [0.15, 0.2) is 46.6 Å². The number of amides is 2. The molecule has 0 aliphatic carbocycles. The normalized spacial score (nSPS) is 21.1. The molecule has 1 aromatic carbocycles. The Labute approximate surface area is 218 Å². The molecule has 3 heterocycles. The van der Waals surface area contributed by atoms with E-state index in [0.717, 1.165) is 21.8 Å². The molecule has 1 saturated heterocycles. The second-order valence-electron chi connectivity index (χ2n) is 8.37. The fourth-order valence-corrected chi connectivity index (χ4v) is 5.79. The van der Waals surface area contributed by atoms with Crippen molar-refractivity contribution >= 4 is 57.4 Å². The number of rotatable bonds is 9. The number of fused-ring (bicyclic) bond motifs is 1. The van der Waals surface area contributed by atoms with Crippen LogP contribution in [-0.4, -0.2) is 66.2 Å². The lowest BCUT2D eigenvalue weighted by atomic mass is 10.0. The van der Waals surface area contributed by atoms with Crippen LogP contribution < -0.4 is 11.1 Å². The smallest absolute Gasteiger partial charge is 0.352 e. The van der Waals surface area contributed by atoms with E-state index in [1.54, 1.807) is 26.0 Å². The number of hydrogen-bond donors (Lipinski definition) is 3. The van der Waals surface area contributed by atoms with E-state index in [-0.39, 0.29) is 39.3 Å². The third-order valence-corrected chi connectivity index (χ3v) is 7.47. The van der Waals surface area contributed by atoms with E-state index in [2.05, 4.69) is 15.5 Å². The molecular weight excluding hydrogens is 524 g/mol. The molecule has 15 heteroatoms. The van der Waals surface area contributed by atoms with Gasteiger partial charge in [-0.15, -0.1) is 23.1 Å². The van der Waals surface area contributed by atoms with Gasteiger partial charge in [0.05, 0.1) is 4.92 Å². The van der Waals surface area contributed by atoms with Gasteiger partial charge in [0.15, 0.2) is 10.8 Å². The molecule has 2 amide bonds. The predicted octanol–water partition coefficient (Wildman–Crippen LogP) is 1.74. The Kier molecular flexibility index (Phi) is 7.45. The van der Waals surface area contributed by atoms with Crippen molar-refractivity contribution in [2.75, 3.05) is 5.73 Å². The van der Waals surface area contributed by atoms with Crippen LogP contribution >= 0.6 is 23.1 Å². The van der Waals surface area contributed by atoms with Crippen molar-refractivity contribution in [3.05, 3.63) is 62.8 Å². The number of oxime groups is 1. The zero-order valence-corrected chi connectivity index (χ0v) is 21.2. The van der Waals surface area contributed by atoms with Crippen molar-refractivity contribution in [3.63, 3.8) is 0 Å². The molecule has 1 fully saturated rings. The number of non-ortho nitro benzene ring substituents is 1. The first kappa shape index (κ1) is 26.1. The first-order valence-corrected chi connectivity index (χ1v) is 12.8. The van der Waals surface area contributed by atoms with Crippen molar-refractivity contribution < 1.29 is 29.3 Å². The third kappa shape index (κ3) is 5.56. The highest BCUT2D eigenvalue weighted by Gasteiger charge is 2.54. The van der Waals surface area contributed by atoms with Crippen LogP contribution in [0, 0.1) is 10.1 Å². The largest absolute Gasteiger partial charge is 0.477 e. The van der Waals surface area contributed by atoms with E-state index >= 15 is 0 Å².